The second-order valence-corrected chi connectivity index (χ2v) is 3.75. The Hall–Kier alpha value is -2.48. The highest BCUT2D eigenvalue weighted by atomic mass is 14.8. The quantitative estimate of drug-likeness (QED) is 0.617. The molecule has 0 aliphatic carbocycles. The van der Waals surface area contributed by atoms with Crippen LogP contribution in [0.4, 0.5) is 0 Å². The molecular weight excluding hydrogens is 220 g/mol. The summed E-state index contributed by atoms with van der Waals surface area (Å²) >= 11 is 0. The molecule has 0 heterocycles. The molecule has 0 aliphatic rings. The number of hydrogen-bond acceptors (Lipinski definition) is 1. The molecule has 0 atom stereocenters. The normalized spacial score (nSPS) is 11.7. The van der Waals surface area contributed by atoms with E-state index in [1.54, 1.807) is 0 Å². The van der Waals surface area contributed by atoms with Gasteiger partial charge in [0.2, 0.25) is 0 Å². The topological polar surface area (TPSA) is 36.2 Å². The van der Waals surface area contributed by atoms with Crippen molar-refractivity contribution in [1.82, 2.24) is 0 Å². The molecule has 0 aromatic heterocycles. The molecule has 1 N–H and O–H groups in total. The van der Waals surface area contributed by atoms with Crippen LogP contribution in [0.3, 0.4) is 0 Å². The molecule has 2 rings (SSSR count). The van der Waals surface area contributed by atoms with Gasteiger partial charge in [0.15, 0.2) is 0 Å². The summed E-state index contributed by atoms with van der Waals surface area (Å²) in [6.07, 6.45) is 4.99. The molecule has 2 heteroatoms. The Balaban J connectivity index is 2.26. The van der Waals surface area contributed by atoms with Gasteiger partial charge in [0.05, 0.1) is 5.71 Å². The lowest BCUT2D eigenvalue weighted by molar-refractivity contribution is 1.50. The Kier molecular flexibility index (Phi) is 4.20. The Bertz CT molecular complexity index is 554. The molecule has 0 bridgehead atoms. The number of nitrogens with zero attached hydrogens (tertiary/aromatic N) is 1. The minimum atomic E-state index is 0.787. The van der Waals surface area contributed by atoms with E-state index in [0.29, 0.717) is 0 Å². The first-order valence-electron chi connectivity index (χ1n) is 5.75. The molecule has 0 saturated carbocycles. The third kappa shape index (κ3) is 3.25. The number of allylic oxidation sites excluding steroid dienone is 1. The van der Waals surface area contributed by atoms with E-state index >= 15 is 0 Å². The molecule has 2 aromatic carbocycles. The van der Waals surface area contributed by atoms with Crippen molar-refractivity contribution in [3.63, 3.8) is 0 Å². The first-order chi connectivity index (χ1) is 8.90. The highest BCUT2D eigenvalue weighted by Gasteiger charge is 1.97. The lowest BCUT2D eigenvalue weighted by atomic mass is 10.1. The zero-order valence-electron chi connectivity index (χ0n) is 9.95. The highest BCUT2D eigenvalue weighted by Crippen LogP contribution is 2.06. The molecule has 0 spiro atoms. The SMILES string of the molecule is N=CN=C(/C=C/c1ccccc1)c1ccccc1. The number of nitrogens with one attached hydrogen (secondary N) is 1. The molecule has 0 amide bonds. The molecule has 88 valence electrons. The maximum atomic E-state index is 7.12. The first kappa shape index (κ1) is 12.0. The average molecular weight is 234 g/mol. The van der Waals surface area contributed by atoms with Crippen LogP contribution in [0.5, 0.6) is 0 Å². The van der Waals surface area contributed by atoms with Gasteiger partial charge in [-0.05, 0) is 11.6 Å². The molecule has 0 unspecified atom stereocenters. The van der Waals surface area contributed by atoms with Crippen molar-refractivity contribution in [3.8, 4) is 0 Å². The van der Waals surface area contributed by atoms with Gasteiger partial charge in [-0.1, -0.05) is 66.7 Å². The van der Waals surface area contributed by atoms with Gasteiger partial charge in [0.25, 0.3) is 0 Å². The zero-order chi connectivity index (χ0) is 12.6. The van der Waals surface area contributed by atoms with Gasteiger partial charge in [-0.15, -0.1) is 0 Å². The van der Waals surface area contributed by atoms with Gasteiger partial charge >= 0.3 is 0 Å². The minimum absolute atomic E-state index is 0.787. The molecule has 0 saturated heterocycles. The van der Waals surface area contributed by atoms with Crippen LogP contribution in [0.25, 0.3) is 6.08 Å². The van der Waals surface area contributed by atoms with Crippen molar-refractivity contribution < 1.29 is 0 Å². The Morgan fingerprint density at radius 2 is 1.50 bits per heavy atom. The van der Waals surface area contributed by atoms with E-state index in [1.807, 2.05) is 72.8 Å². The Morgan fingerprint density at radius 1 is 0.889 bits per heavy atom. The van der Waals surface area contributed by atoms with Gasteiger partial charge in [-0.25, -0.2) is 4.99 Å². The van der Waals surface area contributed by atoms with Crippen molar-refractivity contribution in [2.75, 3.05) is 0 Å². The summed E-state index contributed by atoms with van der Waals surface area (Å²) in [4.78, 5) is 4.08. The molecule has 2 nitrogen and oxygen atoms in total. The van der Waals surface area contributed by atoms with Gasteiger partial charge in [-0.2, -0.15) is 0 Å². The van der Waals surface area contributed by atoms with Gasteiger partial charge < -0.3 is 0 Å². The van der Waals surface area contributed by atoms with Crippen LogP contribution in [0.15, 0.2) is 71.7 Å². The van der Waals surface area contributed by atoms with E-state index < -0.39 is 0 Å². The van der Waals surface area contributed by atoms with Crippen molar-refractivity contribution in [2.24, 2.45) is 4.99 Å². The number of aliphatic imine (C=N–C) groups is 1. The van der Waals surface area contributed by atoms with E-state index in [1.165, 1.54) is 0 Å². The predicted molar refractivity (Wildman–Crippen MR) is 77.2 cm³/mol. The summed E-state index contributed by atoms with van der Waals surface area (Å²) < 4.78 is 0. The fourth-order valence-corrected chi connectivity index (χ4v) is 1.63. The summed E-state index contributed by atoms with van der Waals surface area (Å²) in [7, 11) is 0. The highest BCUT2D eigenvalue weighted by molar-refractivity contribution is 6.13. The van der Waals surface area contributed by atoms with Crippen LogP contribution >= 0.6 is 0 Å². The number of benzene rings is 2. The van der Waals surface area contributed by atoms with Crippen LogP contribution in [0, 0.1) is 5.41 Å². The van der Waals surface area contributed by atoms with E-state index in [9.17, 15) is 0 Å². The molecule has 2 aromatic rings. The van der Waals surface area contributed by atoms with Crippen LogP contribution in [0.1, 0.15) is 11.1 Å². The fraction of sp³-hybridized carbons (Fsp3) is 0. The lowest BCUT2D eigenvalue weighted by Crippen LogP contribution is -1.96. The second kappa shape index (κ2) is 6.30. The number of rotatable bonds is 4. The van der Waals surface area contributed by atoms with Crippen LogP contribution in [-0.2, 0) is 0 Å². The van der Waals surface area contributed by atoms with E-state index in [2.05, 4.69) is 4.99 Å². The Labute approximate surface area is 107 Å². The van der Waals surface area contributed by atoms with Gasteiger partial charge in [0.1, 0.15) is 6.34 Å². The van der Waals surface area contributed by atoms with Crippen molar-refractivity contribution >= 4 is 18.1 Å². The zero-order valence-corrected chi connectivity index (χ0v) is 9.95. The maximum Gasteiger partial charge on any atom is 0.107 e. The minimum Gasteiger partial charge on any atom is -0.290 e. The predicted octanol–water partition coefficient (Wildman–Crippen LogP) is 3.80. The summed E-state index contributed by atoms with van der Waals surface area (Å²) in [5.41, 5.74) is 2.91. The van der Waals surface area contributed by atoms with Crippen molar-refractivity contribution in [3.05, 3.63) is 77.9 Å². The van der Waals surface area contributed by atoms with Crippen LogP contribution < -0.4 is 0 Å². The van der Waals surface area contributed by atoms with Crippen molar-refractivity contribution in [1.29, 1.82) is 5.41 Å². The van der Waals surface area contributed by atoms with Crippen LogP contribution in [0.2, 0.25) is 0 Å². The monoisotopic (exact) mass is 234 g/mol. The van der Waals surface area contributed by atoms with E-state index in [-0.39, 0.29) is 0 Å². The van der Waals surface area contributed by atoms with Crippen LogP contribution in [-0.4, -0.2) is 12.1 Å². The smallest absolute Gasteiger partial charge is 0.107 e. The molecule has 0 radical (unpaired) electrons. The summed E-state index contributed by atoms with van der Waals surface area (Å²) in [5.74, 6) is 0. The average Bonchev–Trinajstić information content (AvgIpc) is 2.45. The van der Waals surface area contributed by atoms with Gasteiger partial charge in [-0.3, -0.25) is 5.41 Å². The maximum absolute atomic E-state index is 7.12. The number of hydrogen-bond donors (Lipinski definition) is 1. The molecule has 18 heavy (non-hydrogen) atoms. The Morgan fingerprint density at radius 3 is 2.11 bits per heavy atom. The van der Waals surface area contributed by atoms with Gasteiger partial charge in [0, 0.05) is 5.56 Å². The lowest BCUT2D eigenvalue weighted by Gasteiger charge is -1.99. The summed E-state index contributed by atoms with van der Waals surface area (Å²) in [5, 5.41) is 7.12. The van der Waals surface area contributed by atoms with E-state index in [4.69, 9.17) is 5.41 Å². The third-order valence-corrected chi connectivity index (χ3v) is 2.51. The third-order valence-electron chi connectivity index (χ3n) is 2.51. The summed E-state index contributed by atoms with van der Waals surface area (Å²) in [6.45, 7) is 0. The first-order valence-corrected chi connectivity index (χ1v) is 5.75. The summed E-state index contributed by atoms with van der Waals surface area (Å²) in [6, 6.07) is 19.9. The standard InChI is InChI=1S/C16H14N2/c17-13-18-16(15-9-5-2-6-10-15)12-11-14-7-3-1-4-8-14/h1-13,17H/b12-11+,17-13?,18-16?. The van der Waals surface area contributed by atoms with Crippen molar-refractivity contribution in [2.45, 2.75) is 0 Å². The fourth-order valence-electron chi connectivity index (χ4n) is 1.63. The molecule has 0 fully saturated rings. The molecule has 0 aliphatic heterocycles. The van der Waals surface area contributed by atoms with E-state index in [0.717, 1.165) is 23.2 Å². The molecular formula is C16H14N2. The largest absolute Gasteiger partial charge is 0.290 e. The second-order valence-electron chi connectivity index (χ2n) is 3.75.